The van der Waals surface area contributed by atoms with E-state index >= 15 is 0 Å². The Morgan fingerprint density at radius 3 is 2.29 bits per heavy atom. The first-order chi connectivity index (χ1) is 16.3. The number of rotatable bonds is 6. The number of carbonyl (C=O) groups excluding carboxylic acids is 2. The van der Waals surface area contributed by atoms with E-state index < -0.39 is 23.6 Å². The van der Waals surface area contributed by atoms with Gasteiger partial charge in [0.25, 0.3) is 11.8 Å². The average molecular weight is 468 g/mol. The smallest absolute Gasteiger partial charge is 0.416 e. The third-order valence-corrected chi connectivity index (χ3v) is 5.02. The molecule has 4 aromatic rings. The van der Waals surface area contributed by atoms with Gasteiger partial charge in [-0.15, -0.1) is 0 Å². The molecule has 0 aliphatic carbocycles. The van der Waals surface area contributed by atoms with Crippen molar-refractivity contribution in [2.75, 3.05) is 17.7 Å². The number of nitrogens with one attached hydrogen (secondary N) is 2. The molecule has 0 aliphatic heterocycles. The van der Waals surface area contributed by atoms with E-state index in [1.165, 1.54) is 31.4 Å². The van der Waals surface area contributed by atoms with Gasteiger partial charge < -0.3 is 19.8 Å². The Morgan fingerprint density at radius 1 is 0.882 bits per heavy atom. The molecule has 0 radical (unpaired) electrons. The van der Waals surface area contributed by atoms with E-state index in [0.717, 1.165) is 17.5 Å². The van der Waals surface area contributed by atoms with E-state index in [1.54, 1.807) is 24.3 Å². The molecule has 6 nitrogen and oxygen atoms in total. The predicted octanol–water partition coefficient (Wildman–Crippen LogP) is 6.10. The number of hydrogen-bond donors (Lipinski definition) is 2. The van der Waals surface area contributed by atoms with Crippen LogP contribution in [0.25, 0.3) is 11.0 Å². The van der Waals surface area contributed by atoms with Crippen molar-refractivity contribution in [2.45, 2.75) is 12.8 Å². The van der Waals surface area contributed by atoms with Crippen molar-refractivity contribution in [3.63, 3.8) is 0 Å². The van der Waals surface area contributed by atoms with E-state index in [2.05, 4.69) is 10.6 Å². The summed E-state index contributed by atoms with van der Waals surface area (Å²) in [7, 11) is 1.51. The average Bonchev–Trinajstić information content (AvgIpc) is 3.18. The van der Waals surface area contributed by atoms with Crippen LogP contribution >= 0.6 is 0 Å². The molecule has 9 heteroatoms. The zero-order valence-corrected chi connectivity index (χ0v) is 17.9. The molecule has 0 saturated carbocycles. The van der Waals surface area contributed by atoms with E-state index in [-0.39, 0.29) is 23.6 Å². The zero-order valence-electron chi connectivity index (χ0n) is 17.9. The molecule has 2 amide bonds. The Balaban J connectivity index is 1.53. The van der Waals surface area contributed by atoms with E-state index in [9.17, 15) is 22.8 Å². The second-order valence-corrected chi connectivity index (χ2v) is 7.41. The summed E-state index contributed by atoms with van der Waals surface area (Å²) in [6, 6.07) is 17.5. The minimum Gasteiger partial charge on any atom is -0.451 e. The third-order valence-electron chi connectivity index (χ3n) is 5.02. The Kier molecular flexibility index (Phi) is 6.38. The van der Waals surface area contributed by atoms with Gasteiger partial charge in [-0.1, -0.05) is 30.3 Å². The molecular weight excluding hydrogens is 449 g/mol. The van der Waals surface area contributed by atoms with Crippen LogP contribution in [0.15, 0.2) is 77.2 Å². The van der Waals surface area contributed by atoms with Gasteiger partial charge in [-0.2, -0.15) is 13.2 Å². The molecule has 34 heavy (non-hydrogen) atoms. The van der Waals surface area contributed by atoms with Crippen molar-refractivity contribution >= 4 is 34.2 Å². The molecule has 0 fully saturated rings. The number of methoxy groups -OCH3 is 1. The second-order valence-electron chi connectivity index (χ2n) is 7.41. The number of ether oxygens (including phenoxy) is 1. The Morgan fingerprint density at radius 2 is 1.56 bits per heavy atom. The molecule has 1 aromatic heterocycles. The summed E-state index contributed by atoms with van der Waals surface area (Å²) >= 11 is 0. The molecule has 3 aromatic carbocycles. The first-order valence-electron chi connectivity index (χ1n) is 10.2. The number of benzene rings is 3. The van der Waals surface area contributed by atoms with Crippen LogP contribution in [0.4, 0.5) is 24.5 Å². The van der Waals surface area contributed by atoms with Crippen LogP contribution in [0.5, 0.6) is 0 Å². The lowest BCUT2D eigenvalue weighted by molar-refractivity contribution is -0.137. The number of hydrogen-bond acceptors (Lipinski definition) is 4. The van der Waals surface area contributed by atoms with Gasteiger partial charge in [0.2, 0.25) is 0 Å². The number of anilines is 2. The molecule has 0 aliphatic rings. The van der Waals surface area contributed by atoms with Crippen LogP contribution < -0.4 is 10.6 Å². The summed E-state index contributed by atoms with van der Waals surface area (Å²) in [5.74, 6) is -1.07. The number of amides is 2. The summed E-state index contributed by atoms with van der Waals surface area (Å²) in [4.78, 5) is 25.5. The molecular formula is C25H19F3N2O4. The van der Waals surface area contributed by atoms with Gasteiger partial charge in [-0.05, 0) is 42.5 Å². The Bertz CT molecular complexity index is 1360. The van der Waals surface area contributed by atoms with Gasteiger partial charge in [-0.25, -0.2) is 0 Å². The first-order valence-corrected chi connectivity index (χ1v) is 10.2. The number of alkyl halides is 3. The zero-order chi connectivity index (χ0) is 24.3. The maximum absolute atomic E-state index is 12.9. The van der Waals surface area contributed by atoms with Gasteiger partial charge in [0.05, 0.1) is 12.2 Å². The van der Waals surface area contributed by atoms with Crippen molar-refractivity contribution in [1.82, 2.24) is 0 Å². The minimum absolute atomic E-state index is 0.000691. The van der Waals surface area contributed by atoms with Crippen LogP contribution in [-0.4, -0.2) is 18.9 Å². The molecule has 4 rings (SSSR count). The molecule has 0 saturated heterocycles. The largest absolute Gasteiger partial charge is 0.451 e. The fraction of sp³-hybridized carbons (Fsp3) is 0.120. The van der Waals surface area contributed by atoms with Crippen molar-refractivity contribution in [2.24, 2.45) is 0 Å². The first kappa shape index (κ1) is 23.1. The summed E-state index contributed by atoms with van der Waals surface area (Å²) in [6.45, 7) is 0.166. The van der Waals surface area contributed by atoms with Crippen LogP contribution in [0, 0.1) is 0 Å². The van der Waals surface area contributed by atoms with Gasteiger partial charge >= 0.3 is 6.18 Å². The molecule has 0 unspecified atom stereocenters. The topological polar surface area (TPSA) is 80.6 Å². The van der Waals surface area contributed by atoms with E-state index in [0.29, 0.717) is 16.8 Å². The minimum atomic E-state index is -4.52. The lowest BCUT2D eigenvalue weighted by Crippen LogP contribution is -2.15. The summed E-state index contributed by atoms with van der Waals surface area (Å²) in [5.41, 5.74) is 0.718. The lowest BCUT2D eigenvalue weighted by atomic mass is 10.1. The van der Waals surface area contributed by atoms with Gasteiger partial charge in [0.15, 0.2) is 5.76 Å². The molecule has 0 atom stereocenters. The highest BCUT2D eigenvalue weighted by Crippen LogP contribution is 2.31. The summed E-state index contributed by atoms with van der Waals surface area (Å²) < 4.78 is 49.7. The normalized spacial score (nSPS) is 11.4. The fourth-order valence-corrected chi connectivity index (χ4v) is 3.47. The van der Waals surface area contributed by atoms with Crippen molar-refractivity contribution in [3.8, 4) is 0 Å². The van der Waals surface area contributed by atoms with Crippen molar-refractivity contribution < 1.29 is 31.9 Å². The molecule has 0 bridgehead atoms. The molecule has 0 spiro atoms. The number of halogens is 3. The van der Waals surface area contributed by atoms with E-state index in [1.807, 2.05) is 12.1 Å². The lowest BCUT2D eigenvalue weighted by Gasteiger charge is -2.11. The number of carbonyl (C=O) groups is 2. The molecule has 174 valence electrons. The highest BCUT2D eigenvalue weighted by atomic mass is 19.4. The van der Waals surface area contributed by atoms with Gasteiger partial charge in [0, 0.05) is 35.0 Å². The molecule has 1 heterocycles. The third kappa shape index (κ3) is 4.94. The van der Waals surface area contributed by atoms with Crippen LogP contribution in [0.3, 0.4) is 0 Å². The van der Waals surface area contributed by atoms with Crippen LogP contribution in [0.1, 0.15) is 32.0 Å². The van der Waals surface area contributed by atoms with Gasteiger partial charge in [0.1, 0.15) is 5.58 Å². The maximum atomic E-state index is 12.9. The van der Waals surface area contributed by atoms with E-state index in [4.69, 9.17) is 9.15 Å². The quantitative estimate of drug-likeness (QED) is 0.358. The number of furan rings is 1. The highest BCUT2D eigenvalue weighted by molar-refractivity contribution is 6.08. The van der Waals surface area contributed by atoms with Crippen molar-refractivity contribution in [1.29, 1.82) is 0 Å². The van der Waals surface area contributed by atoms with Crippen LogP contribution in [0.2, 0.25) is 0 Å². The second kappa shape index (κ2) is 9.40. The maximum Gasteiger partial charge on any atom is 0.416 e. The van der Waals surface area contributed by atoms with Crippen molar-refractivity contribution in [3.05, 3.63) is 95.2 Å². The number of fused-ring (bicyclic) bond motifs is 1. The predicted molar refractivity (Wildman–Crippen MR) is 121 cm³/mol. The SMILES string of the molecule is COCc1c(C(=O)Nc2cccc(C(=O)Nc3cccc(C(F)(F)F)c3)c2)oc2ccccc12. The summed E-state index contributed by atoms with van der Waals surface area (Å²) in [5, 5.41) is 5.88. The van der Waals surface area contributed by atoms with Gasteiger partial charge in [-0.3, -0.25) is 9.59 Å². The number of para-hydroxylation sites is 1. The Labute approximate surface area is 192 Å². The fourth-order valence-electron chi connectivity index (χ4n) is 3.47. The highest BCUT2D eigenvalue weighted by Gasteiger charge is 2.30. The standard InChI is InChI=1S/C25H19F3N2O4/c1-33-14-20-19-10-2-3-11-21(19)34-22(20)24(32)30-17-8-4-6-15(12-17)23(31)29-18-9-5-7-16(13-18)25(26,27)28/h2-13H,14H2,1H3,(H,29,31)(H,30,32). The molecule has 2 N–H and O–H groups in total. The monoisotopic (exact) mass is 468 g/mol. The summed E-state index contributed by atoms with van der Waals surface area (Å²) in [6.07, 6.45) is -4.52. The van der Waals surface area contributed by atoms with Crippen LogP contribution in [-0.2, 0) is 17.5 Å². The Hall–Kier alpha value is -4.11.